The zero-order valence-electron chi connectivity index (χ0n) is 11.1. The second-order valence-corrected chi connectivity index (χ2v) is 7.26. The molecule has 1 atom stereocenters. The number of rotatable bonds is 2. The van der Waals surface area contributed by atoms with Crippen LogP contribution in [0.1, 0.15) is 29.8 Å². The van der Waals surface area contributed by atoms with Crippen molar-refractivity contribution in [2.45, 2.75) is 38.1 Å². The lowest BCUT2D eigenvalue weighted by molar-refractivity contribution is -0.125. The minimum Gasteiger partial charge on any atom is -0.343 e. The number of aryl methyl sites for hydroxylation is 2. The maximum absolute atomic E-state index is 12.2. The molecule has 1 saturated heterocycles. The van der Waals surface area contributed by atoms with Crippen LogP contribution in [0.25, 0.3) is 0 Å². The lowest BCUT2D eigenvalue weighted by Crippen LogP contribution is -2.44. The summed E-state index contributed by atoms with van der Waals surface area (Å²) < 4.78 is 0. The zero-order chi connectivity index (χ0) is 13.9. The quantitative estimate of drug-likeness (QED) is 0.870. The number of aromatic nitrogens is 1. The largest absolute Gasteiger partial charge is 0.343 e. The van der Waals surface area contributed by atoms with Crippen molar-refractivity contribution < 1.29 is 9.59 Å². The predicted octanol–water partition coefficient (Wildman–Crippen LogP) is 1.58. The van der Waals surface area contributed by atoms with E-state index in [4.69, 9.17) is 0 Å². The van der Waals surface area contributed by atoms with E-state index < -0.39 is 6.04 Å². The number of carbonyl (C=O) groups is 2. The second-order valence-electron chi connectivity index (χ2n) is 5.03. The van der Waals surface area contributed by atoms with Gasteiger partial charge in [-0.05, 0) is 25.7 Å². The molecular formula is C13H17N3O2S2. The number of anilines is 1. The number of hydrogen-bond donors (Lipinski definition) is 2. The molecule has 1 fully saturated rings. The van der Waals surface area contributed by atoms with Crippen molar-refractivity contribution in [3.8, 4) is 0 Å². The first-order valence-corrected chi connectivity index (χ1v) is 8.86. The van der Waals surface area contributed by atoms with Gasteiger partial charge in [-0.1, -0.05) is 0 Å². The number of hydrogen-bond acceptors (Lipinski definition) is 5. The van der Waals surface area contributed by atoms with Gasteiger partial charge in [-0.15, -0.1) is 11.3 Å². The number of thioether (sulfide) groups is 1. The van der Waals surface area contributed by atoms with E-state index in [-0.39, 0.29) is 11.8 Å². The van der Waals surface area contributed by atoms with Crippen molar-refractivity contribution in [3.63, 3.8) is 0 Å². The molecule has 1 aliphatic carbocycles. The first kappa shape index (κ1) is 13.9. The van der Waals surface area contributed by atoms with Crippen molar-refractivity contribution in [1.82, 2.24) is 10.3 Å². The minimum absolute atomic E-state index is 0.0476. The van der Waals surface area contributed by atoms with Crippen LogP contribution >= 0.6 is 23.1 Å². The number of carbonyl (C=O) groups excluding carboxylic acids is 2. The zero-order valence-corrected chi connectivity index (χ0v) is 12.7. The monoisotopic (exact) mass is 311 g/mol. The van der Waals surface area contributed by atoms with Gasteiger partial charge in [0, 0.05) is 22.8 Å². The molecule has 20 heavy (non-hydrogen) atoms. The van der Waals surface area contributed by atoms with E-state index in [0.29, 0.717) is 17.3 Å². The van der Waals surface area contributed by atoms with Crippen molar-refractivity contribution in [1.29, 1.82) is 0 Å². The third-order valence-corrected chi connectivity index (χ3v) is 5.62. The third-order valence-electron chi connectivity index (χ3n) is 3.49. The van der Waals surface area contributed by atoms with Crippen molar-refractivity contribution >= 4 is 40.0 Å². The van der Waals surface area contributed by atoms with Crippen LogP contribution in [0.2, 0.25) is 0 Å². The normalized spacial score (nSPS) is 22.6. The summed E-state index contributed by atoms with van der Waals surface area (Å²) in [6, 6.07) is -0.448. The van der Waals surface area contributed by atoms with Gasteiger partial charge in [0.05, 0.1) is 5.69 Å². The molecule has 1 aromatic rings. The third kappa shape index (κ3) is 3.15. The minimum atomic E-state index is -0.448. The molecule has 1 unspecified atom stereocenters. The summed E-state index contributed by atoms with van der Waals surface area (Å²) in [5.74, 6) is 1.21. The summed E-state index contributed by atoms with van der Waals surface area (Å²) in [7, 11) is 0. The Morgan fingerprint density at radius 2 is 2.15 bits per heavy atom. The van der Waals surface area contributed by atoms with Gasteiger partial charge in [0.25, 0.3) is 0 Å². The summed E-state index contributed by atoms with van der Waals surface area (Å²) in [5, 5.41) is 6.29. The molecule has 0 radical (unpaired) electrons. The number of nitrogens with zero attached hydrogens (tertiary/aromatic N) is 1. The lowest BCUT2D eigenvalue weighted by Gasteiger charge is -2.13. The van der Waals surface area contributed by atoms with Gasteiger partial charge in [-0.25, -0.2) is 4.98 Å². The highest BCUT2D eigenvalue weighted by Crippen LogP contribution is 2.29. The van der Waals surface area contributed by atoms with Crippen molar-refractivity contribution in [2.75, 3.05) is 16.8 Å². The molecule has 3 rings (SSSR count). The average molecular weight is 311 g/mol. The Bertz CT molecular complexity index is 506. The fourth-order valence-electron chi connectivity index (χ4n) is 2.41. The molecule has 7 heteroatoms. The molecule has 2 N–H and O–H groups in total. The van der Waals surface area contributed by atoms with E-state index in [1.54, 1.807) is 23.1 Å². The first-order chi connectivity index (χ1) is 9.72. The second kappa shape index (κ2) is 6.13. The molecule has 0 bridgehead atoms. The molecule has 2 heterocycles. The summed E-state index contributed by atoms with van der Waals surface area (Å²) in [6.07, 6.45) is 4.95. The molecule has 0 saturated carbocycles. The van der Waals surface area contributed by atoms with E-state index in [0.717, 1.165) is 24.3 Å². The van der Waals surface area contributed by atoms with Gasteiger partial charge in [0.15, 0.2) is 5.13 Å². The number of nitrogens with one attached hydrogen (secondary N) is 2. The van der Waals surface area contributed by atoms with Gasteiger partial charge in [-0.3, -0.25) is 9.59 Å². The van der Waals surface area contributed by atoms with E-state index in [9.17, 15) is 9.59 Å². The van der Waals surface area contributed by atoms with Gasteiger partial charge < -0.3 is 10.6 Å². The van der Waals surface area contributed by atoms with Crippen LogP contribution in [-0.2, 0) is 22.4 Å². The molecule has 0 aromatic carbocycles. The van der Waals surface area contributed by atoms with Crippen LogP contribution < -0.4 is 10.6 Å². The molecule has 108 valence electrons. The van der Waals surface area contributed by atoms with Crippen molar-refractivity contribution in [3.05, 3.63) is 10.6 Å². The van der Waals surface area contributed by atoms with Gasteiger partial charge >= 0.3 is 0 Å². The Kier molecular flexibility index (Phi) is 4.26. The van der Waals surface area contributed by atoms with Gasteiger partial charge in [0.2, 0.25) is 11.8 Å². The number of amides is 2. The van der Waals surface area contributed by atoms with Crippen LogP contribution in [0.3, 0.4) is 0 Å². The standard InChI is InChI=1S/C13H17N3O2S2/c17-11-5-6-19-7-9(14-11)12(18)16-13-15-8-3-1-2-4-10(8)20-13/h9H,1-7H2,(H,14,17)(H,15,16,18). The van der Waals surface area contributed by atoms with E-state index in [1.807, 2.05) is 0 Å². The summed E-state index contributed by atoms with van der Waals surface area (Å²) in [5.41, 5.74) is 1.14. The predicted molar refractivity (Wildman–Crippen MR) is 81.3 cm³/mol. The maximum Gasteiger partial charge on any atom is 0.249 e. The Hall–Kier alpha value is -1.08. The van der Waals surface area contributed by atoms with Crippen LogP contribution in [0, 0.1) is 0 Å². The van der Waals surface area contributed by atoms with E-state index >= 15 is 0 Å². The average Bonchev–Trinajstić information content (AvgIpc) is 2.71. The van der Waals surface area contributed by atoms with Gasteiger partial charge in [-0.2, -0.15) is 11.8 Å². The van der Waals surface area contributed by atoms with Crippen LogP contribution in [0.5, 0.6) is 0 Å². The number of thiazole rings is 1. The highest BCUT2D eigenvalue weighted by molar-refractivity contribution is 7.99. The Balaban J connectivity index is 1.65. The SMILES string of the molecule is O=C1CCSCC(C(=O)Nc2nc3c(s2)CCCC3)N1. The van der Waals surface area contributed by atoms with Crippen LogP contribution in [0.4, 0.5) is 5.13 Å². The fraction of sp³-hybridized carbons (Fsp3) is 0.615. The lowest BCUT2D eigenvalue weighted by atomic mass is 10.0. The molecule has 2 amide bonds. The summed E-state index contributed by atoms with van der Waals surface area (Å²) >= 11 is 3.20. The Morgan fingerprint density at radius 1 is 1.30 bits per heavy atom. The highest BCUT2D eigenvalue weighted by atomic mass is 32.2. The van der Waals surface area contributed by atoms with Crippen molar-refractivity contribution in [2.24, 2.45) is 0 Å². The van der Waals surface area contributed by atoms with Crippen LogP contribution in [-0.4, -0.2) is 34.3 Å². The van der Waals surface area contributed by atoms with E-state index in [2.05, 4.69) is 15.6 Å². The number of fused-ring (bicyclic) bond motifs is 1. The van der Waals surface area contributed by atoms with Gasteiger partial charge in [0.1, 0.15) is 6.04 Å². The Morgan fingerprint density at radius 3 is 3.00 bits per heavy atom. The Labute approximate surface area is 125 Å². The van der Waals surface area contributed by atoms with E-state index in [1.165, 1.54) is 17.7 Å². The maximum atomic E-state index is 12.2. The molecule has 2 aliphatic rings. The summed E-state index contributed by atoms with van der Waals surface area (Å²) in [4.78, 5) is 29.5. The summed E-state index contributed by atoms with van der Waals surface area (Å²) in [6.45, 7) is 0. The molecule has 1 aromatic heterocycles. The molecular weight excluding hydrogens is 294 g/mol. The molecule has 0 spiro atoms. The smallest absolute Gasteiger partial charge is 0.249 e. The fourth-order valence-corrected chi connectivity index (χ4v) is 4.43. The molecule has 5 nitrogen and oxygen atoms in total. The van der Waals surface area contributed by atoms with Crippen LogP contribution in [0.15, 0.2) is 0 Å². The highest BCUT2D eigenvalue weighted by Gasteiger charge is 2.25. The first-order valence-electron chi connectivity index (χ1n) is 6.89. The molecule has 1 aliphatic heterocycles. The topological polar surface area (TPSA) is 71.1 Å².